The molecular formula is C22H46FeN4. The molecule has 0 aliphatic rings. The summed E-state index contributed by atoms with van der Waals surface area (Å²) in [6.45, 7) is 31.8. The second kappa shape index (κ2) is 12.1. The quantitative estimate of drug-likeness (QED) is 0.194. The third-order valence-corrected chi connectivity index (χ3v) is 3.34. The molecule has 0 fully saturated rings. The molecule has 0 rings (SSSR count). The topological polar surface area (TPSA) is 31.2 Å². The molecule has 0 atom stereocenters. The molecule has 5 heteroatoms. The first-order chi connectivity index (χ1) is 11.4. The standard InChI is InChI=1S/2C11H23N2.Fe/c2*1-8-12-9-13(10(2,3)4)11(5,6)7;/h2*8H2,1-7H3;/q2*-1;+2. The second-order valence-corrected chi connectivity index (χ2v) is 10.5. The number of nitrogens with zero attached hydrogens (tertiary/aromatic N) is 4. The van der Waals surface area contributed by atoms with E-state index in [0.717, 1.165) is 13.1 Å². The van der Waals surface area contributed by atoms with E-state index in [-0.39, 0.29) is 39.2 Å². The van der Waals surface area contributed by atoms with Crippen molar-refractivity contribution in [2.45, 2.75) is 119 Å². The average molecular weight is 422 g/mol. The van der Waals surface area contributed by atoms with Crippen LogP contribution in [0.3, 0.4) is 0 Å². The minimum atomic E-state index is 0. The van der Waals surface area contributed by atoms with Gasteiger partial charge in [-0.1, -0.05) is 0 Å². The predicted octanol–water partition coefficient (Wildman–Crippen LogP) is 5.62. The molecule has 0 unspecified atom stereocenters. The van der Waals surface area contributed by atoms with E-state index in [1.54, 1.807) is 0 Å². The van der Waals surface area contributed by atoms with Gasteiger partial charge in [-0.25, -0.2) is 0 Å². The van der Waals surface area contributed by atoms with Crippen LogP contribution in [-0.2, 0) is 17.1 Å². The molecule has 0 heterocycles. The van der Waals surface area contributed by atoms with Crippen molar-refractivity contribution in [3.8, 4) is 0 Å². The maximum absolute atomic E-state index is 4.18. The van der Waals surface area contributed by atoms with E-state index in [1.807, 2.05) is 13.8 Å². The smallest absolute Gasteiger partial charge is 0.529 e. The fourth-order valence-corrected chi connectivity index (χ4v) is 2.90. The Morgan fingerprint density at radius 3 is 0.815 bits per heavy atom. The molecule has 0 aliphatic heterocycles. The third kappa shape index (κ3) is 14.2. The molecule has 0 radical (unpaired) electrons. The normalized spacial score (nSPS) is 13.3. The van der Waals surface area contributed by atoms with E-state index in [2.05, 4.69) is 116 Å². The molecule has 27 heavy (non-hydrogen) atoms. The molecule has 0 N–H and O–H groups in total. The summed E-state index contributed by atoms with van der Waals surface area (Å²) >= 11 is 0. The monoisotopic (exact) mass is 422 g/mol. The van der Waals surface area contributed by atoms with Crippen molar-refractivity contribution in [3.05, 3.63) is 0 Å². The van der Waals surface area contributed by atoms with Gasteiger partial charge in [-0.15, -0.1) is 0 Å². The van der Waals surface area contributed by atoms with Crippen LogP contribution in [-0.4, -0.2) is 57.7 Å². The maximum atomic E-state index is 4.18. The summed E-state index contributed by atoms with van der Waals surface area (Å²) in [5.41, 5.74) is 0.321. The Kier molecular flexibility index (Phi) is 14.0. The van der Waals surface area contributed by atoms with Crippen molar-refractivity contribution >= 4 is 12.7 Å². The van der Waals surface area contributed by atoms with Gasteiger partial charge in [0, 0.05) is 22.2 Å². The van der Waals surface area contributed by atoms with Gasteiger partial charge < -0.3 is 19.8 Å². The first-order valence-corrected chi connectivity index (χ1v) is 9.84. The van der Waals surface area contributed by atoms with Crippen molar-refractivity contribution < 1.29 is 17.1 Å². The maximum Gasteiger partial charge on any atom is 2.00 e. The molecule has 0 amide bonds. The van der Waals surface area contributed by atoms with Gasteiger partial charge in [-0.05, 0) is 110 Å². The largest absolute Gasteiger partial charge is 2.00 e. The Bertz CT molecular complexity index is 359. The van der Waals surface area contributed by atoms with Gasteiger partial charge in [-0.3, -0.25) is 12.7 Å². The van der Waals surface area contributed by atoms with Gasteiger partial charge in [0.1, 0.15) is 0 Å². The van der Waals surface area contributed by atoms with E-state index >= 15 is 0 Å². The Labute approximate surface area is 181 Å². The number of rotatable bonds is 4. The Hall–Kier alpha value is -0.541. The predicted molar refractivity (Wildman–Crippen MR) is 119 cm³/mol. The van der Waals surface area contributed by atoms with Crippen LogP contribution in [0.15, 0.2) is 9.98 Å². The fraction of sp³-hybridized carbons (Fsp3) is 0.909. The summed E-state index contributed by atoms with van der Waals surface area (Å²) in [6.07, 6.45) is 6.22. The van der Waals surface area contributed by atoms with Crippen LogP contribution in [0.4, 0.5) is 0 Å². The minimum absolute atomic E-state index is 0. The molecule has 0 aliphatic carbocycles. The Morgan fingerprint density at radius 1 is 0.519 bits per heavy atom. The third-order valence-electron chi connectivity index (χ3n) is 3.34. The Morgan fingerprint density at radius 2 is 0.704 bits per heavy atom. The molecule has 0 aromatic heterocycles. The number of aliphatic imine (C=N–C) groups is 2. The van der Waals surface area contributed by atoms with Crippen LogP contribution in [0.1, 0.15) is 96.9 Å². The van der Waals surface area contributed by atoms with Crippen molar-refractivity contribution in [1.29, 1.82) is 0 Å². The molecule has 162 valence electrons. The molecule has 0 saturated carbocycles. The van der Waals surface area contributed by atoms with Gasteiger partial charge in [0.2, 0.25) is 0 Å². The van der Waals surface area contributed by atoms with Gasteiger partial charge >= 0.3 is 17.1 Å². The molecular weight excluding hydrogens is 376 g/mol. The second-order valence-electron chi connectivity index (χ2n) is 10.5. The van der Waals surface area contributed by atoms with E-state index in [4.69, 9.17) is 0 Å². The zero-order valence-electron chi connectivity index (χ0n) is 20.6. The van der Waals surface area contributed by atoms with E-state index in [9.17, 15) is 0 Å². The zero-order valence-corrected chi connectivity index (χ0v) is 21.7. The van der Waals surface area contributed by atoms with Crippen LogP contribution in [0, 0.1) is 0 Å². The van der Waals surface area contributed by atoms with Crippen molar-refractivity contribution in [2.75, 3.05) is 13.1 Å². The minimum Gasteiger partial charge on any atom is -0.529 e. The average Bonchev–Trinajstić information content (AvgIpc) is 2.33. The Balaban J connectivity index is -0.000000411. The van der Waals surface area contributed by atoms with Crippen molar-refractivity contribution in [3.63, 3.8) is 0 Å². The van der Waals surface area contributed by atoms with E-state index in [1.165, 1.54) is 0 Å². The molecule has 0 aromatic rings. The number of hydrogen-bond acceptors (Lipinski definition) is 2. The van der Waals surface area contributed by atoms with Gasteiger partial charge in [0.05, 0.1) is 0 Å². The summed E-state index contributed by atoms with van der Waals surface area (Å²) in [6, 6.07) is 0. The van der Waals surface area contributed by atoms with Gasteiger partial charge in [0.25, 0.3) is 0 Å². The van der Waals surface area contributed by atoms with Crippen LogP contribution in [0.2, 0.25) is 0 Å². The SMILES string of the molecule is CCN=[C-]N(C(C)(C)C)C(C)(C)C.CCN=[C-]N(C(C)(C)C)C(C)(C)C.[Fe+2]. The summed E-state index contributed by atoms with van der Waals surface area (Å²) < 4.78 is 0. The van der Waals surface area contributed by atoms with Crippen molar-refractivity contribution in [2.24, 2.45) is 9.98 Å². The van der Waals surface area contributed by atoms with Gasteiger partial charge in [-0.2, -0.15) is 0 Å². The molecule has 0 saturated heterocycles. The molecule has 0 bridgehead atoms. The summed E-state index contributed by atoms with van der Waals surface area (Å²) in [5.74, 6) is 0. The van der Waals surface area contributed by atoms with E-state index < -0.39 is 0 Å². The summed E-state index contributed by atoms with van der Waals surface area (Å²) in [5, 5.41) is 0. The number of hydrogen-bond donors (Lipinski definition) is 0. The molecule has 4 nitrogen and oxygen atoms in total. The first-order valence-electron chi connectivity index (χ1n) is 9.84. The summed E-state index contributed by atoms with van der Waals surface area (Å²) in [4.78, 5) is 12.7. The van der Waals surface area contributed by atoms with Crippen LogP contribution in [0.25, 0.3) is 0 Å². The summed E-state index contributed by atoms with van der Waals surface area (Å²) in [7, 11) is 0. The fourth-order valence-electron chi connectivity index (χ4n) is 2.90. The van der Waals surface area contributed by atoms with Crippen LogP contribution < -0.4 is 0 Å². The van der Waals surface area contributed by atoms with Crippen molar-refractivity contribution in [1.82, 2.24) is 9.80 Å². The van der Waals surface area contributed by atoms with Crippen LogP contribution >= 0.6 is 0 Å². The van der Waals surface area contributed by atoms with Crippen LogP contribution in [0.5, 0.6) is 0 Å². The van der Waals surface area contributed by atoms with E-state index in [0.29, 0.717) is 0 Å². The zero-order chi connectivity index (χ0) is 21.4. The molecule has 0 spiro atoms. The molecule has 0 aromatic carbocycles. The van der Waals surface area contributed by atoms with Gasteiger partial charge in [0.15, 0.2) is 0 Å². The first kappa shape index (κ1) is 31.2.